The van der Waals surface area contributed by atoms with E-state index in [4.69, 9.17) is 62.7 Å². The Bertz CT molecular complexity index is 951. The molecule has 0 amide bonds. The summed E-state index contributed by atoms with van der Waals surface area (Å²) in [5.74, 6) is -0.951. The van der Waals surface area contributed by atoms with E-state index in [1.807, 2.05) is 42.5 Å². The molecule has 1 saturated heterocycles. The highest BCUT2D eigenvalue weighted by molar-refractivity contribution is 6.61. The molecule has 4 rings (SSSR count). The molecule has 1 aliphatic carbocycles. The van der Waals surface area contributed by atoms with Crippen LogP contribution in [-0.4, -0.2) is 11.4 Å². The topological polar surface area (TPSA) is 26.3 Å². The second kappa shape index (κ2) is 7.11. The molecule has 0 unspecified atom stereocenters. The SMILES string of the molecule is O=C1C(Cl)=C(Cl)C2(O[C@H](c3ccccc3)[C@H]2c2ccc(Cl)cc2)C(Cl)=C1Cl. The lowest BCUT2D eigenvalue weighted by molar-refractivity contribution is -0.183. The number of allylic oxidation sites excluding steroid dienone is 2. The molecule has 0 saturated carbocycles. The Morgan fingerprint density at radius 3 is 1.85 bits per heavy atom. The summed E-state index contributed by atoms with van der Waals surface area (Å²) in [7, 11) is 0. The second-order valence-electron chi connectivity index (χ2n) is 6.30. The zero-order chi connectivity index (χ0) is 19.3. The average molecular weight is 461 g/mol. The van der Waals surface area contributed by atoms with Crippen molar-refractivity contribution in [1.29, 1.82) is 0 Å². The summed E-state index contributed by atoms with van der Waals surface area (Å²) in [5, 5.41) is 0.307. The Labute approximate surface area is 181 Å². The quantitative estimate of drug-likeness (QED) is 0.488. The fourth-order valence-electron chi connectivity index (χ4n) is 3.56. The average Bonchev–Trinajstić information content (AvgIpc) is 2.67. The van der Waals surface area contributed by atoms with Crippen LogP contribution in [-0.2, 0) is 9.53 Å². The maximum Gasteiger partial charge on any atom is 0.218 e. The van der Waals surface area contributed by atoms with E-state index in [1.165, 1.54) is 0 Å². The Hall–Kier alpha value is -1.000. The van der Waals surface area contributed by atoms with Crippen LogP contribution < -0.4 is 0 Å². The molecule has 2 aliphatic rings. The minimum absolute atomic E-state index is 0.0377. The van der Waals surface area contributed by atoms with Crippen LogP contribution in [0.3, 0.4) is 0 Å². The molecular weight excluding hydrogens is 449 g/mol. The molecule has 27 heavy (non-hydrogen) atoms. The Balaban J connectivity index is 1.91. The van der Waals surface area contributed by atoms with E-state index in [9.17, 15) is 4.79 Å². The first kappa shape index (κ1) is 19.3. The molecule has 138 valence electrons. The van der Waals surface area contributed by atoms with E-state index >= 15 is 0 Å². The monoisotopic (exact) mass is 458 g/mol. The maximum absolute atomic E-state index is 12.2. The van der Waals surface area contributed by atoms with Gasteiger partial charge in [0.2, 0.25) is 5.78 Å². The third-order valence-electron chi connectivity index (χ3n) is 4.85. The lowest BCUT2D eigenvalue weighted by Crippen LogP contribution is -2.56. The first-order chi connectivity index (χ1) is 12.9. The first-order valence-electron chi connectivity index (χ1n) is 8.02. The summed E-state index contributed by atoms with van der Waals surface area (Å²) in [6.07, 6.45) is -0.350. The summed E-state index contributed by atoms with van der Waals surface area (Å²) in [6, 6.07) is 17.0. The zero-order valence-electron chi connectivity index (χ0n) is 13.6. The molecule has 0 N–H and O–H groups in total. The van der Waals surface area contributed by atoms with E-state index < -0.39 is 11.4 Å². The zero-order valence-corrected chi connectivity index (χ0v) is 17.3. The van der Waals surface area contributed by atoms with Crippen molar-refractivity contribution < 1.29 is 9.53 Å². The predicted octanol–water partition coefficient (Wildman–Crippen LogP) is 6.90. The summed E-state index contributed by atoms with van der Waals surface area (Å²) < 4.78 is 6.23. The minimum atomic E-state index is -1.31. The van der Waals surface area contributed by atoms with E-state index in [0.717, 1.165) is 11.1 Å². The lowest BCUT2D eigenvalue weighted by Gasteiger charge is -2.56. The van der Waals surface area contributed by atoms with Crippen LogP contribution in [0.25, 0.3) is 0 Å². The first-order valence-corrected chi connectivity index (χ1v) is 9.91. The van der Waals surface area contributed by atoms with Crippen LogP contribution in [0.15, 0.2) is 74.7 Å². The van der Waals surface area contributed by atoms with Gasteiger partial charge in [0, 0.05) is 5.02 Å². The Kier molecular flexibility index (Phi) is 5.09. The van der Waals surface area contributed by atoms with Gasteiger partial charge >= 0.3 is 0 Å². The molecular formula is C20H11Cl5O2. The third kappa shape index (κ3) is 2.86. The highest BCUT2D eigenvalue weighted by Crippen LogP contribution is 2.65. The summed E-state index contributed by atoms with van der Waals surface area (Å²) in [4.78, 5) is 12.2. The molecule has 2 atom stereocenters. The summed E-state index contributed by atoms with van der Waals surface area (Å²) >= 11 is 31.4. The maximum atomic E-state index is 12.2. The number of benzene rings is 2. The van der Waals surface area contributed by atoms with Gasteiger partial charge in [-0.15, -0.1) is 0 Å². The number of carbonyl (C=O) groups is 1. The number of hydrogen-bond donors (Lipinski definition) is 0. The van der Waals surface area contributed by atoms with Gasteiger partial charge in [-0.1, -0.05) is 100 Å². The Morgan fingerprint density at radius 1 is 0.741 bits per heavy atom. The lowest BCUT2D eigenvalue weighted by atomic mass is 9.68. The second-order valence-corrected chi connectivity index (χ2v) is 8.25. The van der Waals surface area contributed by atoms with Gasteiger partial charge in [0.05, 0.1) is 22.1 Å². The standard InChI is InChI=1S/C20H11Cl5O2/c21-12-8-6-10(7-9-12)13-17(11-4-2-1-3-5-11)27-20(13)18(24)14(22)16(26)15(23)19(20)25/h1-9,13,17H/t13-,17-/m1/s1. The van der Waals surface area contributed by atoms with Crippen LogP contribution in [0.5, 0.6) is 0 Å². The fraction of sp³-hybridized carbons (Fsp3) is 0.150. The molecule has 7 heteroatoms. The van der Waals surface area contributed by atoms with Crippen LogP contribution in [0.2, 0.25) is 5.02 Å². The van der Waals surface area contributed by atoms with Crippen LogP contribution in [0, 0.1) is 0 Å². The van der Waals surface area contributed by atoms with Crippen molar-refractivity contribution >= 4 is 63.8 Å². The number of halogens is 5. The van der Waals surface area contributed by atoms with Crippen LogP contribution >= 0.6 is 58.0 Å². The number of Topliss-reactive ketones (excluding diaryl/α,β-unsaturated/α-hetero) is 1. The van der Waals surface area contributed by atoms with Gasteiger partial charge in [-0.3, -0.25) is 4.79 Å². The van der Waals surface area contributed by atoms with Crippen molar-refractivity contribution in [3.05, 3.63) is 90.9 Å². The smallest absolute Gasteiger partial charge is 0.218 e. The van der Waals surface area contributed by atoms with Gasteiger partial charge in [0.25, 0.3) is 0 Å². The van der Waals surface area contributed by atoms with Crippen LogP contribution in [0.1, 0.15) is 23.1 Å². The van der Waals surface area contributed by atoms with Crippen molar-refractivity contribution in [2.75, 3.05) is 0 Å². The Morgan fingerprint density at radius 2 is 1.30 bits per heavy atom. The number of ether oxygens (including phenoxy) is 1. The molecule has 1 heterocycles. The summed E-state index contributed by atoms with van der Waals surface area (Å²) in [6.45, 7) is 0. The van der Waals surface area contributed by atoms with Gasteiger partial charge in [0.1, 0.15) is 10.1 Å². The highest BCUT2D eigenvalue weighted by Gasteiger charge is 2.64. The molecule has 2 aromatic rings. The normalized spacial score (nSPS) is 24.4. The van der Waals surface area contributed by atoms with Crippen molar-refractivity contribution in [3.8, 4) is 0 Å². The number of hydrogen-bond acceptors (Lipinski definition) is 2. The largest absolute Gasteiger partial charge is 0.354 e. The molecule has 1 spiro atoms. The fourth-order valence-corrected chi connectivity index (χ4v) is 4.94. The molecule has 2 nitrogen and oxygen atoms in total. The summed E-state index contributed by atoms with van der Waals surface area (Å²) in [5.41, 5.74) is 0.528. The van der Waals surface area contributed by atoms with Crippen molar-refractivity contribution in [3.63, 3.8) is 0 Å². The van der Waals surface area contributed by atoms with Gasteiger partial charge in [-0.2, -0.15) is 0 Å². The van der Waals surface area contributed by atoms with Crippen molar-refractivity contribution in [2.45, 2.75) is 17.6 Å². The van der Waals surface area contributed by atoms with Crippen molar-refractivity contribution in [2.24, 2.45) is 0 Å². The molecule has 0 bridgehead atoms. The minimum Gasteiger partial charge on any atom is -0.354 e. The predicted molar refractivity (Wildman–Crippen MR) is 110 cm³/mol. The van der Waals surface area contributed by atoms with Gasteiger partial charge in [-0.25, -0.2) is 0 Å². The van der Waals surface area contributed by atoms with Gasteiger partial charge in [0.15, 0.2) is 5.60 Å². The number of rotatable bonds is 2. The third-order valence-corrected chi connectivity index (χ3v) is 6.95. The van der Waals surface area contributed by atoms with E-state index in [2.05, 4.69) is 0 Å². The molecule has 1 aliphatic heterocycles. The molecule has 0 aromatic heterocycles. The van der Waals surface area contributed by atoms with Crippen LogP contribution in [0.4, 0.5) is 0 Å². The molecule has 0 radical (unpaired) electrons. The van der Waals surface area contributed by atoms with E-state index in [0.29, 0.717) is 5.02 Å². The van der Waals surface area contributed by atoms with Gasteiger partial charge < -0.3 is 4.74 Å². The number of ketones is 1. The van der Waals surface area contributed by atoms with Gasteiger partial charge in [-0.05, 0) is 23.3 Å². The molecule has 1 fully saturated rings. The van der Waals surface area contributed by atoms with E-state index in [-0.39, 0.29) is 32.2 Å². The molecule has 2 aromatic carbocycles. The van der Waals surface area contributed by atoms with E-state index in [1.54, 1.807) is 12.1 Å². The van der Waals surface area contributed by atoms with Crippen molar-refractivity contribution in [1.82, 2.24) is 0 Å². The highest BCUT2D eigenvalue weighted by atomic mass is 35.5. The number of carbonyl (C=O) groups excluding carboxylic acids is 1.